The van der Waals surface area contributed by atoms with Gasteiger partial charge >= 0.3 is 5.97 Å². The van der Waals surface area contributed by atoms with Gasteiger partial charge in [0.05, 0.1) is 0 Å². The molecule has 2 heterocycles. The van der Waals surface area contributed by atoms with E-state index in [0.29, 0.717) is 18.5 Å². The molecule has 1 atom stereocenters. The van der Waals surface area contributed by atoms with Crippen LogP contribution in [0.3, 0.4) is 0 Å². The maximum atomic E-state index is 12.5. The normalized spacial score (nSPS) is 15.5. The largest absolute Gasteiger partial charge is 0.457 e. The van der Waals surface area contributed by atoms with Crippen molar-refractivity contribution >= 4 is 22.7 Å². The molecule has 0 saturated carbocycles. The number of aromatic nitrogens is 1. The molecule has 37 heavy (non-hydrogen) atoms. The van der Waals surface area contributed by atoms with Gasteiger partial charge in [-0.05, 0) is 44.5 Å². The van der Waals surface area contributed by atoms with Crippen LogP contribution < -0.4 is 0 Å². The predicted molar refractivity (Wildman–Crippen MR) is 153 cm³/mol. The molecule has 0 amide bonds. The lowest BCUT2D eigenvalue weighted by atomic mass is 10.0. The molecule has 1 aromatic heterocycles. The van der Waals surface area contributed by atoms with E-state index in [1.807, 2.05) is 6.07 Å². The predicted octanol–water partition coefficient (Wildman–Crippen LogP) is 7.88. The Morgan fingerprint density at radius 1 is 0.973 bits per heavy atom. The van der Waals surface area contributed by atoms with Crippen molar-refractivity contribution in [1.29, 1.82) is 0 Å². The van der Waals surface area contributed by atoms with Crippen LogP contribution in [0.4, 0.5) is 0 Å². The monoisotopic (exact) mass is 535 g/mol. The lowest BCUT2D eigenvalue weighted by molar-refractivity contribution is -0.153. The molecule has 1 aliphatic heterocycles. The maximum Gasteiger partial charge on any atom is 0.306 e. The minimum Gasteiger partial charge on any atom is -0.457 e. The Morgan fingerprint density at radius 3 is 2.19 bits per heavy atom. The molecule has 0 aromatic carbocycles. The van der Waals surface area contributed by atoms with Gasteiger partial charge in [0.1, 0.15) is 0 Å². The van der Waals surface area contributed by atoms with Crippen LogP contribution in [0.15, 0.2) is 29.7 Å². The summed E-state index contributed by atoms with van der Waals surface area (Å²) in [6, 6.07) is 3.62. The van der Waals surface area contributed by atoms with E-state index in [4.69, 9.17) is 21.2 Å². The van der Waals surface area contributed by atoms with Crippen molar-refractivity contribution in [3.8, 4) is 0 Å². The van der Waals surface area contributed by atoms with Crippen LogP contribution in [0, 0.1) is 0 Å². The summed E-state index contributed by atoms with van der Waals surface area (Å²) >= 11 is 6.22. The number of oxime groups is 1. The summed E-state index contributed by atoms with van der Waals surface area (Å²) in [5.74, 6) is -0.143. The zero-order chi connectivity index (χ0) is 26.4. The molecular weight excluding hydrogens is 486 g/mol. The van der Waals surface area contributed by atoms with E-state index in [9.17, 15) is 4.79 Å². The number of halogens is 1. The van der Waals surface area contributed by atoms with Gasteiger partial charge in [0.2, 0.25) is 0 Å². The lowest BCUT2D eigenvalue weighted by Gasteiger charge is -2.29. The molecule has 2 rings (SSSR count). The number of pyridine rings is 1. The lowest BCUT2D eigenvalue weighted by Crippen LogP contribution is -2.40. The molecule has 1 fully saturated rings. The first-order valence-electron chi connectivity index (χ1n) is 14.9. The number of carbonyl (C=O) groups is 1. The summed E-state index contributed by atoms with van der Waals surface area (Å²) in [5, 5.41) is 4.24. The summed E-state index contributed by atoms with van der Waals surface area (Å²) in [7, 11) is 0. The molecule has 210 valence electrons. The fraction of sp³-hybridized carbons (Fsp3) is 0.767. The molecule has 0 aliphatic carbocycles. The van der Waals surface area contributed by atoms with E-state index >= 15 is 0 Å². The van der Waals surface area contributed by atoms with E-state index in [1.165, 1.54) is 89.9 Å². The summed E-state index contributed by atoms with van der Waals surface area (Å²) in [4.78, 5) is 24.4. The molecule has 0 N–H and O–H groups in total. The SMILES string of the molecule is CCCCCCCCCCCCCCCC(=O)OC(CO/N=C(\Cl)c1cccnc1)CN1CCCCC1. The van der Waals surface area contributed by atoms with E-state index in [2.05, 4.69) is 22.0 Å². The second kappa shape index (κ2) is 21.3. The van der Waals surface area contributed by atoms with E-state index in [-0.39, 0.29) is 23.9 Å². The third-order valence-electron chi connectivity index (χ3n) is 7.00. The van der Waals surface area contributed by atoms with E-state index < -0.39 is 0 Å². The van der Waals surface area contributed by atoms with Gasteiger partial charge in [-0.25, -0.2) is 0 Å². The number of nitrogens with zero attached hydrogens (tertiary/aromatic N) is 3. The van der Waals surface area contributed by atoms with Gasteiger partial charge in [-0.2, -0.15) is 0 Å². The highest BCUT2D eigenvalue weighted by atomic mass is 35.5. The molecule has 1 aromatic rings. The Morgan fingerprint density at radius 2 is 1.59 bits per heavy atom. The molecule has 0 radical (unpaired) electrons. The third kappa shape index (κ3) is 16.0. The summed E-state index contributed by atoms with van der Waals surface area (Å²) < 4.78 is 5.82. The van der Waals surface area contributed by atoms with Crippen LogP contribution in [0.25, 0.3) is 0 Å². The van der Waals surface area contributed by atoms with Crippen molar-refractivity contribution in [3.05, 3.63) is 30.1 Å². The average molecular weight is 536 g/mol. The summed E-state index contributed by atoms with van der Waals surface area (Å²) in [6.07, 6.45) is 23.8. The van der Waals surface area contributed by atoms with Crippen LogP contribution in [0.5, 0.6) is 0 Å². The maximum absolute atomic E-state index is 12.5. The third-order valence-corrected chi connectivity index (χ3v) is 7.29. The van der Waals surface area contributed by atoms with Crippen molar-refractivity contribution in [2.24, 2.45) is 5.16 Å². The molecule has 1 aliphatic rings. The Bertz CT molecular complexity index is 726. The Hall–Kier alpha value is -1.66. The van der Waals surface area contributed by atoms with Crippen molar-refractivity contribution in [2.45, 2.75) is 122 Å². The first-order chi connectivity index (χ1) is 18.2. The van der Waals surface area contributed by atoms with Gasteiger partial charge in [-0.1, -0.05) is 107 Å². The molecule has 0 bridgehead atoms. The Labute approximate surface area is 230 Å². The van der Waals surface area contributed by atoms with Crippen LogP contribution >= 0.6 is 11.6 Å². The van der Waals surface area contributed by atoms with Crippen LogP contribution in [0.1, 0.15) is 122 Å². The zero-order valence-electron chi connectivity index (χ0n) is 23.2. The molecular formula is C30H50ClN3O3. The minimum atomic E-state index is -0.352. The van der Waals surface area contributed by atoms with E-state index in [1.54, 1.807) is 18.5 Å². The fourth-order valence-electron chi connectivity index (χ4n) is 4.80. The molecule has 1 saturated heterocycles. The number of rotatable bonds is 21. The number of likely N-dealkylation sites (tertiary alicyclic amines) is 1. The highest BCUT2D eigenvalue weighted by Crippen LogP contribution is 2.15. The first-order valence-corrected chi connectivity index (χ1v) is 15.2. The summed E-state index contributed by atoms with van der Waals surface area (Å²) in [6.45, 7) is 5.20. The molecule has 7 heteroatoms. The van der Waals surface area contributed by atoms with Crippen LogP contribution in [-0.4, -0.2) is 53.4 Å². The molecule has 6 nitrogen and oxygen atoms in total. The van der Waals surface area contributed by atoms with Gasteiger partial charge in [-0.3, -0.25) is 14.7 Å². The van der Waals surface area contributed by atoms with Crippen molar-refractivity contribution in [3.63, 3.8) is 0 Å². The number of esters is 1. The highest BCUT2D eigenvalue weighted by molar-refractivity contribution is 6.69. The topological polar surface area (TPSA) is 64.0 Å². The van der Waals surface area contributed by atoms with Gasteiger partial charge in [0.15, 0.2) is 17.9 Å². The van der Waals surface area contributed by atoms with E-state index in [0.717, 1.165) is 25.9 Å². The Balaban J connectivity index is 1.60. The van der Waals surface area contributed by atoms with Crippen molar-refractivity contribution in [1.82, 2.24) is 9.88 Å². The standard InChI is InChI=1S/C30H50ClN3O3/c1-2-3-4-5-6-7-8-9-10-11-12-13-15-20-29(35)37-28(25-34-22-16-14-17-23-34)26-36-33-30(31)27-19-18-21-32-24-27/h18-19,21,24,28H,2-17,20,22-23,25-26H2,1H3/b33-30-. The fourth-order valence-corrected chi connectivity index (χ4v) is 4.96. The molecule has 1 unspecified atom stereocenters. The van der Waals surface area contributed by atoms with Crippen LogP contribution in [-0.2, 0) is 14.4 Å². The first kappa shape index (κ1) is 31.6. The van der Waals surface area contributed by atoms with Gasteiger partial charge in [-0.15, -0.1) is 0 Å². The number of hydrogen-bond donors (Lipinski definition) is 0. The van der Waals surface area contributed by atoms with Crippen LogP contribution in [0.2, 0.25) is 0 Å². The second-order valence-corrected chi connectivity index (χ2v) is 10.7. The summed E-state index contributed by atoms with van der Waals surface area (Å²) in [5.41, 5.74) is 0.691. The zero-order valence-corrected chi connectivity index (χ0v) is 23.9. The smallest absolute Gasteiger partial charge is 0.306 e. The second-order valence-electron chi connectivity index (χ2n) is 10.4. The highest BCUT2D eigenvalue weighted by Gasteiger charge is 2.21. The van der Waals surface area contributed by atoms with Gasteiger partial charge < -0.3 is 9.57 Å². The number of carbonyl (C=O) groups excluding carboxylic acids is 1. The molecule has 0 spiro atoms. The minimum absolute atomic E-state index is 0.143. The number of unbranched alkanes of at least 4 members (excludes halogenated alkanes) is 12. The van der Waals surface area contributed by atoms with Crippen molar-refractivity contribution < 1.29 is 14.4 Å². The quantitative estimate of drug-likeness (QED) is 0.0693. The number of hydrogen-bond acceptors (Lipinski definition) is 6. The number of ether oxygens (including phenoxy) is 1. The number of piperidine rings is 1. The average Bonchev–Trinajstić information content (AvgIpc) is 2.92. The van der Waals surface area contributed by atoms with Gasteiger partial charge in [0, 0.05) is 30.9 Å². The van der Waals surface area contributed by atoms with Gasteiger partial charge in [0.25, 0.3) is 0 Å². The van der Waals surface area contributed by atoms with Crippen molar-refractivity contribution in [2.75, 3.05) is 26.2 Å². The Kier molecular flexibility index (Phi) is 18.2.